The summed E-state index contributed by atoms with van der Waals surface area (Å²) in [5, 5.41) is 13.4. The number of aryl methyl sites for hydroxylation is 2. The molecule has 0 aliphatic carbocycles. The average Bonchev–Trinajstić information content (AvgIpc) is 3.49. The minimum absolute atomic E-state index is 0.0885. The molecule has 0 fully saturated rings. The Hall–Kier alpha value is -3.30. The summed E-state index contributed by atoms with van der Waals surface area (Å²) < 4.78 is 12.6. The molecule has 1 unspecified atom stereocenters. The van der Waals surface area contributed by atoms with Crippen molar-refractivity contribution >= 4 is 10.9 Å². The summed E-state index contributed by atoms with van der Waals surface area (Å²) in [5.74, 6) is 1.55. The molecule has 0 saturated heterocycles. The highest BCUT2D eigenvalue weighted by atomic mass is 16.5. The van der Waals surface area contributed by atoms with E-state index in [2.05, 4.69) is 45.3 Å². The predicted molar refractivity (Wildman–Crippen MR) is 125 cm³/mol. The minimum Gasteiger partial charge on any atom is -0.468 e. The van der Waals surface area contributed by atoms with Crippen molar-refractivity contribution in [1.82, 2.24) is 30.1 Å². The van der Waals surface area contributed by atoms with Crippen LogP contribution in [0.25, 0.3) is 10.9 Å². The minimum atomic E-state index is -0.115. The van der Waals surface area contributed by atoms with Crippen LogP contribution in [0.15, 0.2) is 45.8 Å². The molecule has 1 atom stereocenters. The van der Waals surface area contributed by atoms with Crippen LogP contribution in [0.2, 0.25) is 0 Å². The molecule has 4 rings (SSSR count). The van der Waals surface area contributed by atoms with Crippen LogP contribution >= 0.6 is 0 Å². The van der Waals surface area contributed by atoms with Crippen LogP contribution in [0.4, 0.5) is 0 Å². The van der Waals surface area contributed by atoms with Crippen molar-refractivity contribution < 1.29 is 9.15 Å². The first-order chi connectivity index (χ1) is 16.0. The van der Waals surface area contributed by atoms with Gasteiger partial charge in [0.1, 0.15) is 5.76 Å². The number of tetrazole rings is 1. The Morgan fingerprint density at radius 1 is 1.21 bits per heavy atom. The molecule has 3 aromatic heterocycles. The fourth-order valence-corrected chi connectivity index (χ4v) is 4.22. The SMILES string of the molecule is CCC(c1nnnn1CCOC)N(Cc1ccco1)Cc1cc2c(C)ccc(C)c2[nH]c1=O. The summed E-state index contributed by atoms with van der Waals surface area (Å²) in [6, 6.07) is 9.81. The third-order valence-electron chi connectivity index (χ3n) is 6.03. The Kier molecular flexibility index (Phi) is 7.00. The highest BCUT2D eigenvalue weighted by Gasteiger charge is 2.26. The lowest BCUT2D eigenvalue weighted by atomic mass is 10.0. The average molecular weight is 451 g/mol. The van der Waals surface area contributed by atoms with E-state index >= 15 is 0 Å². The molecule has 1 N–H and O–H groups in total. The van der Waals surface area contributed by atoms with E-state index in [1.165, 1.54) is 0 Å². The number of aromatic amines is 1. The maximum atomic E-state index is 13.1. The smallest absolute Gasteiger partial charge is 0.252 e. The second-order valence-electron chi connectivity index (χ2n) is 8.27. The summed E-state index contributed by atoms with van der Waals surface area (Å²) in [4.78, 5) is 18.4. The maximum absolute atomic E-state index is 13.1. The van der Waals surface area contributed by atoms with Crippen molar-refractivity contribution in [2.75, 3.05) is 13.7 Å². The first-order valence-electron chi connectivity index (χ1n) is 11.1. The van der Waals surface area contributed by atoms with Crippen LogP contribution in [-0.2, 0) is 24.4 Å². The number of hydrogen-bond donors (Lipinski definition) is 1. The number of fused-ring (bicyclic) bond motifs is 1. The van der Waals surface area contributed by atoms with Crippen molar-refractivity contribution in [3.63, 3.8) is 0 Å². The molecule has 33 heavy (non-hydrogen) atoms. The molecule has 0 radical (unpaired) electrons. The number of aromatic nitrogens is 5. The fraction of sp³-hybridized carbons (Fsp3) is 0.417. The Balaban J connectivity index is 1.74. The molecule has 9 heteroatoms. The van der Waals surface area contributed by atoms with Crippen LogP contribution in [0, 0.1) is 13.8 Å². The highest BCUT2D eigenvalue weighted by Crippen LogP contribution is 2.27. The molecule has 1 aromatic carbocycles. The largest absolute Gasteiger partial charge is 0.468 e. The van der Waals surface area contributed by atoms with E-state index in [1.54, 1.807) is 18.1 Å². The molecule has 3 heterocycles. The van der Waals surface area contributed by atoms with E-state index < -0.39 is 0 Å². The Labute approximate surface area is 192 Å². The van der Waals surface area contributed by atoms with Crippen LogP contribution in [0.3, 0.4) is 0 Å². The summed E-state index contributed by atoms with van der Waals surface area (Å²) in [6.45, 7) is 8.17. The molecule has 0 aliphatic heterocycles. The lowest BCUT2D eigenvalue weighted by Gasteiger charge is -2.29. The molecule has 0 bridgehead atoms. The van der Waals surface area contributed by atoms with Gasteiger partial charge in [-0.3, -0.25) is 9.69 Å². The number of nitrogens with zero attached hydrogens (tertiary/aromatic N) is 5. The zero-order valence-corrected chi connectivity index (χ0v) is 19.5. The second kappa shape index (κ2) is 10.1. The van der Waals surface area contributed by atoms with E-state index in [-0.39, 0.29) is 11.6 Å². The zero-order chi connectivity index (χ0) is 23.4. The molecule has 0 spiro atoms. The molecule has 0 amide bonds. The van der Waals surface area contributed by atoms with Gasteiger partial charge in [0.25, 0.3) is 5.56 Å². The number of furan rings is 1. The van der Waals surface area contributed by atoms with Crippen molar-refractivity contribution in [3.8, 4) is 0 Å². The standard InChI is InChI=1S/C24H30N6O3/c1-5-21(23-26-27-28-30(23)10-12-32-4)29(15-19-7-6-11-33-19)14-18-13-20-16(2)8-9-17(3)22(20)25-24(18)31/h6-9,11,13,21H,5,10,12,14-15H2,1-4H3,(H,25,31). The number of H-pyrrole nitrogens is 1. The molecule has 0 saturated carbocycles. The van der Waals surface area contributed by atoms with Gasteiger partial charge >= 0.3 is 0 Å². The Morgan fingerprint density at radius 2 is 2.03 bits per heavy atom. The number of nitrogens with one attached hydrogen (secondary N) is 1. The van der Waals surface area contributed by atoms with Gasteiger partial charge in [-0.2, -0.15) is 0 Å². The van der Waals surface area contributed by atoms with Crippen molar-refractivity contribution in [2.45, 2.75) is 52.9 Å². The second-order valence-corrected chi connectivity index (χ2v) is 8.27. The summed E-state index contributed by atoms with van der Waals surface area (Å²) in [7, 11) is 1.65. The van der Waals surface area contributed by atoms with Gasteiger partial charge in [-0.1, -0.05) is 19.1 Å². The fourth-order valence-electron chi connectivity index (χ4n) is 4.22. The van der Waals surface area contributed by atoms with E-state index in [1.807, 2.05) is 31.2 Å². The van der Waals surface area contributed by atoms with Crippen LogP contribution < -0.4 is 5.56 Å². The van der Waals surface area contributed by atoms with Gasteiger partial charge in [0, 0.05) is 24.6 Å². The third-order valence-corrected chi connectivity index (χ3v) is 6.03. The van der Waals surface area contributed by atoms with Gasteiger partial charge in [-0.15, -0.1) is 5.10 Å². The van der Waals surface area contributed by atoms with Crippen molar-refractivity contribution in [1.29, 1.82) is 0 Å². The van der Waals surface area contributed by atoms with E-state index in [0.717, 1.165) is 40.0 Å². The van der Waals surface area contributed by atoms with Crippen LogP contribution in [0.1, 0.15) is 47.7 Å². The molecule has 0 aliphatic rings. The third kappa shape index (κ3) is 4.89. The lowest BCUT2D eigenvalue weighted by Crippen LogP contribution is -2.32. The number of benzene rings is 1. The van der Waals surface area contributed by atoms with E-state index in [4.69, 9.17) is 9.15 Å². The molecular weight excluding hydrogens is 420 g/mol. The van der Waals surface area contributed by atoms with Crippen molar-refractivity contribution in [2.24, 2.45) is 0 Å². The number of ether oxygens (including phenoxy) is 1. The normalized spacial score (nSPS) is 12.6. The number of rotatable bonds is 10. The van der Waals surface area contributed by atoms with Gasteiger partial charge < -0.3 is 14.1 Å². The molecule has 174 valence electrons. The molecular formula is C24H30N6O3. The van der Waals surface area contributed by atoms with Gasteiger partial charge in [0.15, 0.2) is 5.82 Å². The topological polar surface area (TPSA) is 102 Å². The summed E-state index contributed by atoms with van der Waals surface area (Å²) >= 11 is 0. The quantitative estimate of drug-likeness (QED) is 0.394. The number of pyridine rings is 1. The first-order valence-corrected chi connectivity index (χ1v) is 11.1. The van der Waals surface area contributed by atoms with Crippen LogP contribution in [-0.4, -0.2) is 43.8 Å². The number of methoxy groups -OCH3 is 1. The molecule has 4 aromatic rings. The molecule has 9 nitrogen and oxygen atoms in total. The lowest BCUT2D eigenvalue weighted by molar-refractivity contribution is 0.142. The van der Waals surface area contributed by atoms with Gasteiger partial charge in [-0.25, -0.2) is 4.68 Å². The predicted octanol–water partition coefficient (Wildman–Crippen LogP) is 3.52. The Bertz CT molecular complexity index is 1260. The zero-order valence-electron chi connectivity index (χ0n) is 19.5. The van der Waals surface area contributed by atoms with Gasteiger partial charge in [0.05, 0.1) is 37.5 Å². The first kappa shape index (κ1) is 22.9. The van der Waals surface area contributed by atoms with Crippen molar-refractivity contribution in [3.05, 3.63) is 75.2 Å². The summed E-state index contributed by atoms with van der Waals surface area (Å²) in [5.41, 5.74) is 3.67. The monoisotopic (exact) mass is 450 g/mol. The highest BCUT2D eigenvalue weighted by molar-refractivity contribution is 5.85. The van der Waals surface area contributed by atoms with E-state index in [0.29, 0.717) is 31.8 Å². The maximum Gasteiger partial charge on any atom is 0.252 e. The summed E-state index contributed by atoms with van der Waals surface area (Å²) in [6.07, 6.45) is 2.42. The number of hydrogen-bond acceptors (Lipinski definition) is 7. The van der Waals surface area contributed by atoms with E-state index in [9.17, 15) is 4.79 Å². The van der Waals surface area contributed by atoms with Gasteiger partial charge in [0.2, 0.25) is 0 Å². The van der Waals surface area contributed by atoms with Crippen LogP contribution in [0.5, 0.6) is 0 Å². The Morgan fingerprint density at radius 3 is 2.76 bits per heavy atom. The van der Waals surface area contributed by atoms with Gasteiger partial charge in [-0.05, 0) is 60.0 Å².